The summed E-state index contributed by atoms with van der Waals surface area (Å²) in [7, 11) is 0. The Kier molecular flexibility index (Phi) is 7.67. The highest BCUT2D eigenvalue weighted by molar-refractivity contribution is 5.81. The van der Waals surface area contributed by atoms with Gasteiger partial charge in [0.05, 0.1) is 11.2 Å². The van der Waals surface area contributed by atoms with Crippen LogP contribution in [0.1, 0.15) is 88.0 Å². The minimum absolute atomic E-state index is 0.403. The molecule has 0 saturated carbocycles. The summed E-state index contributed by atoms with van der Waals surface area (Å²) in [5.41, 5.74) is 3.62. The summed E-state index contributed by atoms with van der Waals surface area (Å²) >= 11 is 0. The van der Waals surface area contributed by atoms with Gasteiger partial charge in [0.15, 0.2) is 6.29 Å². The summed E-state index contributed by atoms with van der Waals surface area (Å²) in [6.07, 6.45) is 5.04. The highest BCUT2D eigenvalue weighted by Gasteiger charge is 2.43. The summed E-state index contributed by atoms with van der Waals surface area (Å²) < 4.78 is 6.21. The van der Waals surface area contributed by atoms with Gasteiger partial charge in [-0.15, -0.1) is 11.8 Å². The molecule has 0 saturated heterocycles. The fraction of sp³-hybridized carbons (Fsp3) is 0.345. The van der Waals surface area contributed by atoms with Crippen LogP contribution in [0.25, 0.3) is 12.2 Å². The third-order valence-electron chi connectivity index (χ3n) is 5.42. The van der Waals surface area contributed by atoms with Crippen LogP contribution < -0.4 is 10.4 Å². The third-order valence-corrected chi connectivity index (χ3v) is 5.42. The first-order valence-electron chi connectivity index (χ1n) is 10.6. The Bertz CT molecular complexity index is 1210. The van der Waals surface area contributed by atoms with Crippen molar-refractivity contribution in [1.29, 1.82) is 0 Å². The maximum Gasteiger partial charge on any atom is 0.151 e. The number of rotatable bonds is 1. The first kappa shape index (κ1) is 24.2. The molecule has 1 aliphatic rings. The molecule has 0 aliphatic carbocycles. The third kappa shape index (κ3) is 5.35. The monoisotopic (exact) mass is 412 g/mol. The lowest BCUT2D eigenvalue weighted by Gasteiger charge is -2.24. The molecule has 160 valence electrons. The molecule has 1 aliphatic heterocycles. The number of carbonyl (C=O) groups excluding carboxylic acids is 1. The van der Waals surface area contributed by atoms with Gasteiger partial charge in [-0.2, -0.15) is 0 Å². The SMILES string of the molecule is C/C=c1/ccc(C#Cc2cc3c(cc2C=O)C(C)(C)OC3(C)C)c/c1=C/C.CC#CC. The normalized spacial score (nSPS) is 16.1. The molecule has 0 N–H and O–H groups in total. The first-order valence-corrected chi connectivity index (χ1v) is 10.6. The number of benzene rings is 2. The van der Waals surface area contributed by atoms with Crippen molar-refractivity contribution >= 4 is 18.4 Å². The molecule has 0 spiro atoms. The van der Waals surface area contributed by atoms with Gasteiger partial charge in [0.2, 0.25) is 0 Å². The van der Waals surface area contributed by atoms with Crippen LogP contribution in [0.2, 0.25) is 0 Å². The van der Waals surface area contributed by atoms with E-state index in [-0.39, 0.29) is 0 Å². The van der Waals surface area contributed by atoms with Gasteiger partial charge in [-0.3, -0.25) is 4.79 Å². The highest BCUT2D eigenvalue weighted by Crippen LogP contribution is 2.47. The maximum atomic E-state index is 11.7. The van der Waals surface area contributed by atoms with Crippen molar-refractivity contribution in [2.24, 2.45) is 0 Å². The molecule has 0 amide bonds. The quantitative estimate of drug-likeness (QED) is 0.485. The van der Waals surface area contributed by atoms with E-state index >= 15 is 0 Å². The summed E-state index contributed by atoms with van der Waals surface area (Å²) in [5.74, 6) is 11.8. The summed E-state index contributed by atoms with van der Waals surface area (Å²) in [5, 5.41) is 2.35. The average molecular weight is 413 g/mol. The van der Waals surface area contributed by atoms with Crippen molar-refractivity contribution < 1.29 is 9.53 Å². The smallest absolute Gasteiger partial charge is 0.151 e. The molecule has 0 aromatic heterocycles. The predicted molar refractivity (Wildman–Crippen MR) is 130 cm³/mol. The molecule has 2 heteroatoms. The topological polar surface area (TPSA) is 26.3 Å². The van der Waals surface area contributed by atoms with Crippen LogP contribution in [0.3, 0.4) is 0 Å². The second-order valence-electron chi connectivity index (χ2n) is 8.40. The number of ether oxygens (including phenoxy) is 1. The molecule has 31 heavy (non-hydrogen) atoms. The Labute approximate surface area is 187 Å². The molecule has 2 nitrogen and oxygen atoms in total. The van der Waals surface area contributed by atoms with E-state index in [4.69, 9.17) is 4.74 Å². The lowest BCUT2D eigenvalue weighted by Crippen LogP contribution is -2.23. The van der Waals surface area contributed by atoms with Crippen molar-refractivity contribution in [3.05, 3.63) is 68.6 Å². The van der Waals surface area contributed by atoms with Crippen molar-refractivity contribution in [1.82, 2.24) is 0 Å². The van der Waals surface area contributed by atoms with Crippen molar-refractivity contribution in [2.45, 2.75) is 66.6 Å². The van der Waals surface area contributed by atoms with E-state index in [0.717, 1.165) is 33.8 Å². The van der Waals surface area contributed by atoms with Crippen molar-refractivity contribution in [3.8, 4) is 23.7 Å². The molecule has 0 atom stereocenters. The summed E-state index contributed by atoms with van der Waals surface area (Å²) in [4.78, 5) is 11.7. The van der Waals surface area contributed by atoms with E-state index in [1.165, 1.54) is 5.22 Å². The van der Waals surface area contributed by atoms with E-state index in [1.807, 2.05) is 59.7 Å². The number of fused-ring (bicyclic) bond motifs is 1. The molecular formula is C29H32O2. The van der Waals surface area contributed by atoms with E-state index in [2.05, 4.69) is 61.8 Å². The maximum absolute atomic E-state index is 11.7. The van der Waals surface area contributed by atoms with Gasteiger partial charge >= 0.3 is 0 Å². The number of hydrogen-bond donors (Lipinski definition) is 0. The van der Waals surface area contributed by atoms with Crippen LogP contribution in [-0.4, -0.2) is 6.29 Å². The minimum atomic E-state index is -0.416. The molecule has 1 heterocycles. The van der Waals surface area contributed by atoms with Crippen LogP contribution >= 0.6 is 0 Å². The minimum Gasteiger partial charge on any atom is -0.360 e. The van der Waals surface area contributed by atoms with Crippen LogP contribution in [0.15, 0.2) is 30.3 Å². The van der Waals surface area contributed by atoms with E-state index in [1.54, 1.807) is 0 Å². The molecule has 0 radical (unpaired) electrons. The molecule has 0 fully saturated rings. The largest absolute Gasteiger partial charge is 0.360 e. The summed E-state index contributed by atoms with van der Waals surface area (Å²) in [6, 6.07) is 10.1. The molecule has 0 unspecified atom stereocenters. The molecule has 0 bridgehead atoms. The van der Waals surface area contributed by atoms with Gasteiger partial charge in [0.1, 0.15) is 0 Å². The van der Waals surface area contributed by atoms with Crippen LogP contribution in [0, 0.1) is 23.7 Å². The van der Waals surface area contributed by atoms with Crippen LogP contribution in [0.5, 0.6) is 0 Å². The van der Waals surface area contributed by atoms with Gasteiger partial charge < -0.3 is 4.74 Å². The fourth-order valence-corrected chi connectivity index (χ4v) is 3.87. The van der Waals surface area contributed by atoms with Gasteiger partial charge in [-0.05, 0) is 101 Å². The first-order chi connectivity index (χ1) is 14.6. The Hall–Kier alpha value is -3.07. The second kappa shape index (κ2) is 9.82. The Morgan fingerprint density at radius 2 is 1.39 bits per heavy atom. The van der Waals surface area contributed by atoms with Crippen molar-refractivity contribution in [3.63, 3.8) is 0 Å². The number of carbonyl (C=O) groups is 1. The standard InChI is InChI=1S/C25H26O2.C4H6/c1-7-18-11-9-17(13-19(18)8-2)10-12-20-14-22-23(15-21(20)16-26)25(5,6)27-24(22,3)4;1-3-4-2/h7-9,11,13-16H,1-6H3;1-2H3/b18-7-,19-8-;. The Morgan fingerprint density at radius 1 is 0.806 bits per heavy atom. The molecule has 3 rings (SSSR count). The zero-order valence-electron chi connectivity index (χ0n) is 19.9. The average Bonchev–Trinajstić information content (AvgIpc) is 2.94. The Morgan fingerprint density at radius 3 is 1.90 bits per heavy atom. The predicted octanol–water partition coefficient (Wildman–Crippen LogP) is 5.03. The number of aldehydes is 1. The summed E-state index contributed by atoms with van der Waals surface area (Å²) in [6.45, 7) is 15.9. The zero-order valence-corrected chi connectivity index (χ0v) is 19.9. The van der Waals surface area contributed by atoms with E-state index in [9.17, 15) is 4.79 Å². The fourth-order valence-electron chi connectivity index (χ4n) is 3.87. The van der Waals surface area contributed by atoms with Gasteiger partial charge in [-0.1, -0.05) is 30.1 Å². The Balaban J connectivity index is 0.000000785. The van der Waals surface area contributed by atoms with Crippen LogP contribution in [0.4, 0.5) is 0 Å². The molecule has 2 aromatic rings. The van der Waals surface area contributed by atoms with Gasteiger partial charge in [0, 0.05) is 16.7 Å². The van der Waals surface area contributed by atoms with E-state index in [0.29, 0.717) is 5.56 Å². The van der Waals surface area contributed by atoms with Gasteiger partial charge in [-0.25, -0.2) is 0 Å². The van der Waals surface area contributed by atoms with Crippen LogP contribution in [-0.2, 0) is 15.9 Å². The lowest BCUT2D eigenvalue weighted by atomic mass is 9.87. The number of hydrogen-bond acceptors (Lipinski definition) is 2. The van der Waals surface area contributed by atoms with Crippen molar-refractivity contribution in [2.75, 3.05) is 0 Å². The van der Waals surface area contributed by atoms with Gasteiger partial charge in [0.25, 0.3) is 0 Å². The molecular weight excluding hydrogens is 380 g/mol. The second-order valence-corrected chi connectivity index (χ2v) is 8.40. The highest BCUT2D eigenvalue weighted by atomic mass is 16.5. The zero-order chi connectivity index (χ0) is 23.2. The van der Waals surface area contributed by atoms with E-state index < -0.39 is 11.2 Å². The molecule has 2 aromatic carbocycles. The lowest BCUT2D eigenvalue weighted by molar-refractivity contribution is -0.105.